The van der Waals surface area contributed by atoms with Crippen LogP contribution in [0.15, 0.2) is 29.1 Å². The molecule has 0 aliphatic rings. The number of aromatic amines is 1. The number of rotatable bonds is 3. The zero-order valence-electron chi connectivity index (χ0n) is 10.1. The Balaban J connectivity index is 2.79. The molecule has 2 aromatic rings. The van der Waals surface area contributed by atoms with Gasteiger partial charge in [0.1, 0.15) is 0 Å². The molecule has 0 bridgehead atoms. The summed E-state index contributed by atoms with van der Waals surface area (Å²) in [5, 5.41) is 0.432. The van der Waals surface area contributed by atoms with Gasteiger partial charge in [0.25, 0.3) is 0 Å². The van der Waals surface area contributed by atoms with E-state index in [0.717, 1.165) is 0 Å². The van der Waals surface area contributed by atoms with E-state index in [1.807, 2.05) is 0 Å². The molecule has 0 spiro atoms. The van der Waals surface area contributed by atoms with Crippen molar-refractivity contribution in [3.63, 3.8) is 0 Å². The predicted octanol–water partition coefficient (Wildman–Crippen LogP) is 1.71. The normalized spacial score (nSPS) is 10.3. The number of benzene rings is 1. The summed E-state index contributed by atoms with van der Waals surface area (Å²) in [5.74, 6) is -0.557. The van der Waals surface area contributed by atoms with Gasteiger partial charge in [-0.15, -0.1) is 0 Å². The molecule has 18 heavy (non-hydrogen) atoms. The largest absolute Gasteiger partial charge is 0.479 e. The van der Waals surface area contributed by atoms with Gasteiger partial charge in [-0.2, -0.15) is 0 Å². The molecule has 0 atom stereocenters. The van der Waals surface area contributed by atoms with E-state index in [0.29, 0.717) is 17.5 Å². The van der Waals surface area contributed by atoms with Crippen molar-refractivity contribution in [3.8, 4) is 5.88 Å². The molecule has 1 aromatic carbocycles. The molecule has 5 heteroatoms. The molecule has 1 N–H and O–H groups in total. The number of ether oxygens (including phenoxy) is 2. The Bertz CT molecular complexity index is 645. The van der Waals surface area contributed by atoms with Crippen LogP contribution in [0.25, 0.3) is 10.9 Å². The van der Waals surface area contributed by atoms with Gasteiger partial charge in [-0.1, -0.05) is 12.1 Å². The van der Waals surface area contributed by atoms with E-state index in [1.165, 1.54) is 7.11 Å². The first-order valence-corrected chi connectivity index (χ1v) is 5.55. The first-order chi connectivity index (χ1) is 8.69. The fourth-order valence-corrected chi connectivity index (χ4v) is 1.75. The minimum absolute atomic E-state index is 0.0990. The number of aromatic nitrogens is 1. The molecule has 0 amide bonds. The van der Waals surface area contributed by atoms with Crippen molar-refractivity contribution >= 4 is 16.9 Å². The molecule has 0 radical (unpaired) electrons. The monoisotopic (exact) mass is 247 g/mol. The van der Waals surface area contributed by atoms with Crippen LogP contribution in [0, 0.1) is 0 Å². The molecule has 1 aromatic heterocycles. The standard InChI is InChI=1S/C13H13NO4/c1-3-18-12-10(13(16)17-2)11(15)8-6-4-5-7-9(8)14-12/h4-7H,3H2,1-2H3,(H,14,15). The lowest BCUT2D eigenvalue weighted by atomic mass is 10.1. The summed E-state index contributed by atoms with van der Waals surface area (Å²) in [5.41, 5.74) is 0.135. The topological polar surface area (TPSA) is 68.4 Å². The van der Waals surface area contributed by atoms with E-state index in [2.05, 4.69) is 9.72 Å². The van der Waals surface area contributed by atoms with E-state index in [4.69, 9.17) is 4.74 Å². The third-order valence-corrected chi connectivity index (χ3v) is 2.55. The first-order valence-electron chi connectivity index (χ1n) is 5.55. The maximum absolute atomic E-state index is 12.2. The fraction of sp³-hybridized carbons (Fsp3) is 0.231. The number of H-pyrrole nitrogens is 1. The molecule has 5 nitrogen and oxygen atoms in total. The molecule has 0 saturated heterocycles. The Labute approximate surface area is 103 Å². The first kappa shape index (κ1) is 12.2. The molecule has 0 aliphatic carbocycles. The van der Waals surface area contributed by atoms with Crippen LogP contribution in [0.4, 0.5) is 0 Å². The second-order valence-corrected chi connectivity index (χ2v) is 3.63. The number of para-hydroxylation sites is 1. The lowest BCUT2D eigenvalue weighted by molar-refractivity contribution is 0.0594. The second kappa shape index (κ2) is 4.91. The number of methoxy groups -OCH3 is 1. The van der Waals surface area contributed by atoms with Crippen molar-refractivity contribution in [3.05, 3.63) is 40.1 Å². The summed E-state index contributed by atoms with van der Waals surface area (Å²) >= 11 is 0. The third-order valence-electron chi connectivity index (χ3n) is 2.55. The fourth-order valence-electron chi connectivity index (χ4n) is 1.75. The lowest BCUT2D eigenvalue weighted by Crippen LogP contribution is -2.19. The highest BCUT2D eigenvalue weighted by Gasteiger charge is 2.20. The van der Waals surface area contributed by atoms with Gasteiger partial charge >= 0.3 is 5.97 Å². The maximum atomic E-state index is 12.2. The SMILES string of the molecule is CCOc1[nH]c2ccccc2c(=O)c1C(=O)OC. The number of hydrogen-bond acceptors (Lipinski definition) is 4. The summed E-state index contributed by atoms with van der Waals surface area (Å²) in [4.78, 5) is 26.8. The van der Waals surface area contributed by atoms with Gasteiger partial charge in [0.05, 0.1) is 19.2 Å². The van der Waals surface area contributed by atoms with Crippen molar-refractivity contribution in [2.45, 2.75) is 6.92 Å². The summed E-state index contributed by atoms with van der Waals surface area (Å²) < 4.78 is 9.91. The number of nitrogens with one attached hydrogen (secondary N) is 1. The average Bonchev–Trinajstić information content (AvgIpc) is 2.39. The lowest BCUT2D eigenvalue weighted by Gasteiger charge is -2.09. The predicted molar refractivity (Wildman–Crippen MR) is 67.1 cm³/mol. The van der Waals surface area contributed by atoms with Crippen molar-refractivity contribution in [2.75, 3.05) is 13.7 Å². The molecule has 0 aliphatic heterocycles. The molecule has 2 rings (SSSR count). The Hall–Kier alpha value is -2.30. The van der Waals surface area contributed by atoms with E-state index >= 15 is 0 Å². The Morgan fingerprint density at radius 1 is 1.33 bits per heavy atom. The Morgan fingerprint density at radius 2 is 2.06 bits per heavy atom. The summed E-state index contributed by atoms with van der Waals surface area (Å²) in [6, 6.07) is 6.93. The highest BCUT2D eigenvalue weighted by atomic mass is 16.5. The van der Waals surface area contributed by atoms with Crippen LogP contribution in [-0.2, 0) is 4.74 Å². The highest BCUT2D eigenvalue weighted by Crippen LogP contribution is 2.18. The highest BCUT2D eigenvalue weighted by molar-refractivity contribution is 5.96. The Kier molecular flexibility index (Phi) is 3.32. The van der Waals surface area contributed by atoms with E-state index in [9.17, 15) is 9.59 Å². The van der Waals surface area contributed by atoms with Gasteiger partial charge in [0.15, 0.2) is 5.56 Å². The molecule has 0 saturated carbocycles. The van der Waals surface area contributed by atoms with Gasteiger partial charge in [-0.3, -0.25) is 4.79 Å². The quantitative estimate of drug-likeness (QED) is 0.838. The van der Waals surface area contributed by atoms with E-state index in [1.54, 1.807) is 31.2 Å². The van der Waals surface area contributed by atoms with Gasteiger partial charge in [0, 0.05) is 5.39 Å². The zero-order valence-corrected chi connectivity index (χ0v) is 10.1. The molecule has 1 heterocycles. The average molecular weight is 247 g/mol. The molecule has 94 valence electrons. The van der Waals surface area contributed by atoms with Crippen LogP contribution in [0.1, 0.15) is 17.3 Å². The zero-order chi connectivity index (χ0) is 13.1. The summed E-state index contributed by atoms with van der Waals surface area (Å²) in [6.07, 6.45) is 0. The number of carbonyl (C=O) groups is 1. The van der Waals surface area contributed by atoms with Crippen molar-refractivity contribution in [1.82, 2.24) is 4.98 Å². The number of carbonyl (C=O) groups excluding carboxylic acids is 1. The number of hydrogen-bond donors (Lipinski definition) is 1. The van der Waals surface area contributed by atoms with Crippen molar-refractivity contribution in [2.24, 2.45) is 0 Å². The molecule has 0 unspecified atom stereocenters. The van der Waals surface area contributed by atoms with E-state index < -0.39 is 5.97 Å². The van der Waals surface area contributed by atoms with Gasteiger partial charge in [-0.05, 0) is 19.1 Å². The molecule has 0 fully saturated rings. The van der Waals surface area contributed by atoms with Gasteiger partial charge < -0.3 is 14.5 Å². The van der Waals surface area contributed by atoms with Gasteiger partial charge in [-0.25, -0.2) is 4.79 Å². The van der Waals surface area contributed by atoms with Crippen LogP contribution in [0.5, 0.6) is 5.88 Å². The molecular formula is C13H13NO4. The van der Waals surface area contributed by atoms with Crippen LogP contribution < -0.4 is 10.2 Å². The van der Waals surface area contributed by atoms with Crippen molar-refractivity contribution < 1.29 is 14.3 Å². The van der Waals surface area contributed by atoms with Gasteiger partial charge in [0.2, 0.25) is 11.3 Å². The number of pyridine rings is 1. The smallest absolute Gasteiger partial charge is 0.347 e. The second-order valence-electron chi connectivity index (χ2n) is 3.63. The maximum Gasteiger partial charge on any atom is 0.347 e. The van der Waals surface area contributed by atoms with Crippen LogP contribution in [-0.4, -0.2) is 24.7 Å². The van der Waals surface area contributed by atoms with Crippen molar-refractivity contribution in [1.29, 1.82) is 0 Å². The Morgan fingerprint density at radius 3 is 2.72 bits per heavy atom. The minimum Gasteiger partial charge on any atom is -0.479 e. The third kappa shape index (κ3) is 1.95. The van der Waals surface area contributed by atoms with Crippen LogP contribution in [0.3, 0.4) is 0 Å². The van der Waals surface area contributed by atoms with Crippen LogP contribution in [0.2, 0.25) is 0 Å². The molecular weight excluding hydrogens is 234 g/mol. The number of fused-ring (bicyclic) bond motifs is 1. The van der Waals surface area contributed by atoms with Crippen LogP contribution >= 0.6 is 0 Å². The summed E-state index contributed by atoms with van der Waals surface area (Å²) in [6.45, 7) is 2.12. The minimum atomic E-state index is -0.703. The number of esters is 1. The van der Waals surface area contributed by atoms with E-state index in [-0.39, 0.29) is 16.9 Å². The summed E-state index contributed by atoms with van der Waals surface area (Å²) in [7, 11) is 1.23.